The summed E-state index contributed by atoms with van der Waals surface area (Å²) in [6.07, 6.45) is 0. The molecule has 0 unspecified atom stereocenters. The normalized spacial score (nSPS) is 8.92. The lowest BCUT2D eigenvalue weighted by molar-refractivity contribution is 0.0600. The molecule has 0 amide bonds. The number of ether oxygens (including phenoxy) is 1. The molecule has 0 aliphatic rings. The standard InChI is InChI=1S/C9H7NO3/c1-10-7-4-3-6(5-8(7)11)9(12)13-2/h3-5,11H,2H3. The molecule has 0 atom stereocenters. The van der Waals surface area contributed by atoms with E-state index in [-0.39, 0.29) is 17.0 Å². The molecule has 4 nitrogen and oxygen atoms in total. The molecule has 0 heterocycles. The molecule has 0 saturated heterocycles. The molecule has 1 aromatic carbocycles. The molecule has 4 heteroatoms. The second-order valence-electron chi connectivity index (χ2n) is 2.31. The van der Waals surface area contributed by atoms with Crippen LogP contribution in [-0.2, 0) is 4.74 Å². The zero-order valence-corrected chi connectivity index (χ0v) is 6.94. The Balaban J connectivity index is 3.11. The van der Waals surface area contributed by atoms with E-state index >= 15 is 0 Å². The first kappa shape index (κ1) is 9.07. The lowest BCUT2D eigenvalue weighted by Gasteiger charge is -2.00. The summed E-state index contributed by atoms with van der Waals surface area (Å²) in [5.41, 5.74) is 0.347. The largest absolute Gasteiger partial charge is 0.519 e. The van der Waals surface area contributed by atoms with Crippen molar-refractivity contribution in [1.82, 2.24) is 0 Å². The van der Waals surface area contributed by atoms with Crippen LogP contribution in [0.3, 0.4) is 0 Å². The van der Waals surface area contributed by atoms with E-state index < -0.39 is 5.97 Å². The Kier molecular flexibility index (Phi) is 2.50. The number of aromatic hydroxyl groups is 1. The zero-order valence-electron chi connectivity index (χ0n) is 6.94. The van der Waals surface area contributed by atoms with Crippen molar-refractivity contribution < 1.29 is 14.6 Å². The summed E-state index contributed by atoms with van der Waals surface area (Å²) in [6.45, 7) is 6.66. The third kappa shape index (κ3) is 1.76. The van der Waals surface area contributed by atoms with Crippen molar-refractivity contribution in [3.05, 3.63) is 35.2 Å². The molecule has 1 aromatic rings. The van der Waals surface area contributed by atoms with Crippen molar-refractivity contribution >= 4 is 11.7 Å². The van der Waals surface area contributed by atoms with Gasteiger partial charge in [-0.25, -0.2) is 9.64 Å². The minimum atomic E-state index is -0.535. The van der Waals surface area contributed by atoms with Crippen molar-refractivity contribution in [1.29, 1.82) is 0 Å². The third-order valence-electron chi connectivity index (χ3n) is 1.52. The van der Waals surface area contributed by atoms with Crippen molar-refractivity contribution in [3.8, 4) is 5.75 Å². The molecule has 0 saturated carbocycles. The monoisotopic (exact) mass is 177 g/mol. The predicted molar refractivity (Wildman–Crippen MR) is 45.7 cm³/mol. The van der Waals surface area contributed by atoms with E-state index in [1.54, 1.807) is 0 Å². The lowest BCUT2D eigenvalue weighted by Crippen LogP contribution is -1.99. The van der Waals surface area contributed by atoms with Gasteiger partial charge in [0.25, 0.3) is 0 Å². The van der Waals surface area contributed by atoms with Crippen molar-refractivity contribution in [2.75, 3.05) is 7.11 Å². The number of carbonyl (C=O) groups is 1. The smallest absolute Gasteiger partial charge is 0.337 e. The molecule has 0 fully saturated rings. The molecule has 1 rings (SSSR count). The van der Waals surface area contributed by atoms with Gasteiger partial charge in [-0.3, -0.25) is 0 Å². The van der Waals surface area contributed by atoms with Gasteiger partial charge < -0.3 is 9.84 Å². The molecular weight excluding hydrogens is 170 g/mol. The number of phenolic OH excluding ortho intramolecular Hbond substituents is 1. The van der Waals surface area contributed by atoms with E-state index in [0.717, 1.165) is 0 Å². The first-order chi connectivity index (χ1) is 6.19. The van der Waals surface area contributed by atoms with Gasteiger partial charge in [0.05, 0.1) is 19.2 Å². The quantitative estimate of drug-likeness (QED) is 0.525. The highest BCUT2D eigenvalue weighted by atomic mass is 16.5. The summed E-state index contributed by atoms with van der Waals surface area (Å²) in [5.74, 6) is -0.746. The highest BCUT2D eigenvalue weighted by molar-refractivity contribution is 5.90. The van der Waals surface area contributed by atoms with E-state index in [1.807, 2.05) is 0 Å². The number of methoxy groups -OCH3 is 1. The van der Waals surface area contributed by atoms with Gasteiger partial charge in [-0.2, -0.15) is 0 Å². The lowest BCUT2D eigenvalue weighted by atomic mass is 10.2. The van der Waals surface area contributed by atoms with Gasteiger partial charge in [0.2, 0.25) is 5.69 Å². The summed E-state index contributed by atoms with van der Waals surface area (Å²) < 4.78 is 4.44. The van der Waals surface area contributed by atoms with Gasteiger partial charge in [0.15, 0.2) is 0 Å². The van der Waals surface area contributed by atoms with Crippen LogP contribution in [-0.4, -0.2) is 18.2 Å². The number of carbonyl (C=O) groups excluding carboxylic acids is 1. The first-order valence-corrected chi connectivity index (χ1v) is 3.48. The van der Waals surface area contributed by atoms with Crippen LogP contribution in [0.4, 0.5) is 5.69 Å². The van der Waals surface area contributed by atoms with Crippen LogP contribution < -0.4 is 0 Å². The van der Waals surface area contributed by atoms with E-state index in [9.17, 15) is 9.90 Å². The maximum atomic E-state index is 11.0. The Hall–Kier alpha value is -2.02. The molecule has 0 aromatic heterocycles. The summed E-state index contributed by atoms with van der Waals surface area (Å²) in [7, 11) is 1.25. The highest BCUT2D eigenvalue weighted by Crippen LogP contribution is 2.26. The Bertz CT molecular complexity index is 379. The van der Waals surface area contributed by atoms with Crippen molar-refractivity contribution in [2.45, 2.75) is 0 Å². The average molecular weight is 177 g/mol. The highest BCUT2D eigenvalue weighted by Gasteiger charge is 2.08. The fourth-order valence-electron chi connectivity index (χ4n) is 0.863. The van der Waals surface area contributed by atoms with Crippen LogP contribution >= 0.6 is 0 Å². The number of esters is 1. The Labute approximate surface area is 75.2 Å². The third-order valence-corrected chi connectivity index (χ3v) is 1.52. The minimum absolute atomic E-state index is 0.118. The van der Waals surface area contributed by atoms with E-state index in [1.165, 1.54) is 25.3 Å². The van der Waals surface area contributed by atoms with Gasteiger partial charge in [0.1, 0.15) is 5.75 Å². The van der Waals surface area contributed by atoms with Gasteiger partial charge in [-0.05, 0) is 6.07 Å². The Morgan fingerprint density at radius 2 is 2.31 bits per heavy atom. The summed E-state index contributed by atoms with van der Waals surface area (Å²) in [4.78, 5) is 14.0. The summed E-state index contributed by atoms with van der Waals surface area (Å²) >= 11 is 0. The predicted octanol–water partition coefficient (Wildman–Crippen LogP) is 1.73. The van der Waals surface area contributed by atoms with Crippen LogP contribution in [0.2, 0.25) is 0 Å². The maximum absolute atomic E-state index is 11.0. The second kappa shape index (κ2) is 3.59. The second-order valence-corrected chi connectivity index (χ2v) is 2.31. The molecule has 0 aliphatic carbocycles. The fourth-order valence-corrected chi connectivity index (χ4v) is 0.863. The summed E-state index contributed by atoms with van der Waals surface area (Å²) in [6, 6.07) is 4.01. The van der Waals surface area contributed by atoms with Crippen LogP contribution in [0.15, 0.2) is 18.2 Å². The van der Waals surface area contributed by atoms with Crippen LogP contribution in [0.1, 0.15) is 10.4 Å². The van der Waals surface area contributed by atoms with Crippen molar-refractivity contribution in [3.63, 3.8) is 0 Å². The minimum Gasteiger partial charge on any atom is -0.519 e. The Morgan fingerprint density at radius 3 is 2.77 bits per heavy atom. The van der Waals surface area contributed by atoms with E-state index in [4.69, 9.17) is 6.57 Å². The van der Waals surface area contributed by atoms with Gasteiger partial charge >= 0.3 is 5.97 Å². The summed E-state index contributed by atoms with van der Waals surface area (Å²) in [5, 5.41) is 9.21. The van der Waals surface area contributed by atoms with E-state index in [0.29, 0.717) is 0 Å². The first-order valence-electron chi connectivity index (χ1n) is 3.48. The molecule has 0 radical (unpaired) electrons. The topological polar surface area (TPSA) is 50.9 Å². The molecule has 13 heavy (non-hydrogen) atoms. The molecule has 0 aliphatic heterocycles. The van der Waals surface area contributed by atoms with Crippen LogP contribution in [0, 0.1) is 6.57 Å². The number of hydrogen-bond acceptors (Lipinski definition) is 3. The zero-order chi connectivity index (χ0) is 9.84. The number of rotatable bonds is 1. The number of benzene rings is 1. The number of hydrogen-bond donors (Lipinski definition) is 1. The van der Waals surface area contributed by atoms with Gasteiger partial charge in [-0.1, -0.05) is 12.1 Å². The molecular formula is C9H7NO3. The maximum Gasteiger partial charge on any atom is 0.337 e. The van der Waals surface area contributed by atoms with Gasteiger partial charge in [0, 0.05) is 0 Å². The molecule has 1 N–H and O–H groups in total. The molecule has 0 spiro atoms. The molecule has 0 bridgehead atoms. The van der Waals surface area contributed by atoms with Crippen LogP contribution in [0.5, 0.6) is 5.75 Å². The van der Waals surface area contributed by atoms with Crippen molar-refractivity contribution in [2.24, 2.45) is 0 Å². The molecule has 66 valence electrons. The van der Waals surface area contributed by atoms with Gasteiger partial charge in [-0.15, -0.1) is 0 Å². The fraction of sp³-hybridized carbons (Fsp3) is 0.111. The Morgan fingerprint density at radius 1 is 1.62 bits per heavy atom. The SMILES string of the molecule is [C-]#[N+]c1ccc(C(=O)OC)cc1O. The number of nitrogens with zero attached hydrogens (tertiary/aromatic N) is 1. The average Bonchev–Trinajstić information content (AvgIpc) is 2.16. The van der Waals surface area contributed by atoms with E-state index in [2.05, 4.69) is 9.58 Å². The number of phenols is 1. The van der Waals surface area contributed by atoms with Crippen LogP contribution in [0.25, 0.3) is 4.85 Å².